The van der Waals surface area contributed by atoms with Crippen molar-refractivity contribution in [2.75, 3.05) is 0 Å². The van der Waals surface area contributed by atoms with Gasteiger partial charge in [-0.25, -0.2) is 0 Å². The third kappa shape index (κ3) is 4.57. The summed E-state index contributed by atoms with van der Waals surface area (Å²) < 4.78 is 0. The number of hydrogen-bond donors (Lipinski definition) is 2. The number of nitro groups is 2. The van der Waals surface area contributed by atoms with Crippen LogP contribution in [-0.2, 0) is 16.2 Å². The topological polar surface area (TPSA) is 127 Å². The highest BCUT2D eigenvalue weighted by atomic mass is 16.6. The van der Waals surface area contributed by atoms with Gasteiger partial charge in [0.05, 0.1) is 15.3 Å². The first-order valence-electron chi connectivity index (χ1n) is 20.6. The lowest BCUT2D eigenvalue weighted by Gasteiger charge is -2.57. The normalized spacial score (nSPS) is 32.8. The predicted molar refractivity (Wildman–Crippen MR) is 210 cm³/mol. The maximum Gasteiger partial charge on any atom is 0.311 e. The van der Waals surface area contributed by atoms with Crippen molar-refractivity contribution >= 4 is 11.4 Å². The average Bonchev–Trinajstić information content (AvgIpc) is 3.42. The number of phenols is 2. The van der Waals surface area contributed by atoms with Gasteiger partial charge >= 0.3 is 11.4 Å². The first-order chi connectivity index (χ1) is 26.4. The molecule has 0 aromatic heterocycles. The fourth-order valence-electron chi connectivity index (χ4n) is 14.9. The second-order valence-corrected chi connectivity index (χ2v) is 19.5. The Morgan fingerprint density at radius 3 is 1.15 bits per heavy atom. The van der Waals surface area contributed by atoms with Gasteiger partial charge in [-0.05, 0) is 193 Å². The van der Waals surface area contributed by atoms with Crippen LogP contribution in [-0.4, -0.2) is 20.1 Å². The number of rotatable bonds is 6. The maximum absolute atomic E-state index is 12.7. The predicted octanol–water partition coefficient (Wildman–Crippen LogP) is 10.8. The van der Waals surface area contributed by atoms with E-state index >= 15 is 0 Å². The lowest BCUT2D eigenvalue weighted by atomic mass is 9.47. The SMILES string of the molecule is Cc1cc(C2(c3cc(C)c(O)c([N+](=O)[O-])c3)c3cc(C45CC6CC(CC(C6)C4)C5)ccc3-c3ccc(C45CC6CC(CC(C6)C4)C5)cc32)cc([N+](=O)[O-])c1O. The molecule has 13 rings (SSSR count). The summed E-state index contributed by atoms with van der Waals surface area (Å²) in [6.07, 6.45) is 14.9. The molecule has 0 radical (unpaired) electrons. The molecular weight excluding hydrogens is 689 g/mol. The number of aryl methyl sites for hydroxylation is 2. The van der Waals surface area contributed by atoms with Crippen molar-refractivity contribution in [3.63, 3.8) is 0 Å². The molecular formula is C47H48N2O6. The van der Waals surface area contributed by atoms with E-state index < -0.39 is 15.3 Å². The van der Waals surface area contributed by atoms with Crippen LogP contribution in [0.5, 0.6) is 11.5 Å². The van der Waals surface area contributed by atoms with Gasteiger partial charge in [-0.3, -0.25) is 20.2 Å². The molecule has 0 heterocycles. The lowest BCUT2D eigenvalue weighted by molar-refractivity contribution is -0.386. The van der Waals surface area contributed by atoms with Gasteiger partial charge < -0.3 is 10.2 Å². The van der Waals surface area contributed by atoms with Gasteiger partial charge in [0.15, 0.2) is 11.5 Å². The third-order valence-corrected chi connectivity index (χ3v) is 16.3. The summed E-state index contributed by atoms with van der Waals surface area (Å²) in [4.78, 5) is 24.3. The molecule has 0 unspecified atom stereocenters. The molecule has 0 aliphatic heterocycles. The zero-order valence-corrected chi connectivity index (χ0v) is 31.6. The van der Waals surface area contributed by atoms with E-state index in [9.17, 15) is 30.4 Å². The molecule has 8 saturated carbocycles. The van der Waals surface area contributed by atoms with Crippen LogP contribution < -0.4 is 0 Å². The molecule has 0 amide bonds. The van der Waals surface area contributed by atoms with Crippen molar-refractivity contribution in [3.8, 4) is 22.6 Å². The standard InChI is InChI=1S/C47H48N2O6/c1-25-7-35(17-41(43(25)50)48(52)53)47(36-8-26(2)44(51)42(18-36)49(54)55)39-15-33(45-19-27-9-28(20-45)11-29(10-27)21-45)3-5-37(39)38-6-4-34(16-40(38)47)46-22-30-12-31(23-46)14-32(13-30)24-46/h3-8,15-18,27-32,50-51H,9-14,19-24H2,1-2H3. The van der Waals surface area contributed by atoms with E-state index in [2.05, 4.69) is 36.4 Å². The van der Waals surface area contributed by atoms with Crippen LogP contribution in [0.15, 0.2) is 60.7 Å². The number of aromatic hydroxyl groups is 2. The number of fused-ring (bicyclic) bond motifs is 3. The zero-order valence-electron chi connectivity index (χ0n) is 31.6. The molecule has 8 heteroatoms. The molecule has 4 aromatic carbocycles. The van der Waals surface area contributed by atoms with Crippen LogP contribution in [0, 0.1) is 69.6 Å². The summed E-state index contributed by atoms with van der Waals surface area (Å²) in [5, 5.41) is 47.5. The first-order valence-corrected chi connectivity index (χ1v) is 20.6. The summed E-state index contributed by atoms with van der Waals surface area (Å²) in [7, 11) is 0. The molecule has 9 aliphatic carbocycles. The van der Waals surface area contributed by atoms with Crippen LogP contribution in [0.4, 0.5) is 11.4 Å². The molecule has 9 aliphatic rings. The van der Waals surface area contributed by atoms with Crippen LogP contribution in [0.3, 0.4) is 0 Å². The van der Waals surface area contributed by atoms with Crippen LogP contribution in [0.25, 0.3) is 11.1 Å². The summed E-state index contributed by atoms with van der Waals surface area (Å²) in [5.41, 5.74) is 6.69. The summed E-state index contributed by atoms with van der Waals surface area (Å²) in [5.74, 6) is 3.63. The molecule has 2 N–H and O–H groups in total. The van der Waals surface area contributed by atoms with E-state index in [4.69, 9.17) is 0 Å². The van der Waals surface area contributed by atoms with Crippen molar-refractivity contribution in [2.24, 2.45) is 35.5 Å². The summed E-state index contributed by atoms with van der Waals surface area (Å²) >= 11 is 0. The van der Waals surface area contributed by atoms with Gasteiger partial charge in [0.2, 0.25) is 0 Å². The number of benzene rings is 4. The molecule has 8 bridgehead atoms. The average molecular weight is 737 g/mol. The highest BCUT2D eigenvalue weighted by Gasteiger charge is 2.56. The largest absolute Gasteiger partial charge is 0.502 e. The van der Waals surface area contributed by atoms with Crippen LogP contribution in [0.1, 0.15) is 122 Å². The molecule has 0 saturated heterocycles. The summed E-state index contributed by atoms with van der Waals surface area (Å²) in [6.45, 7) is 3.39. The second-order valence-electron chi connectivity index (χ2n) is 19.5. The fraction of sp³-hybridized carbons (Fsp3) is 0.489. The van der Waals surface area contributed by atoms with Gasteiger partial charge in [-0.1, -0.05) is 48.5 Å². The Labute approximate surface area is 321 Å². The minimum absolute atomic E-state index is 0.0579. The monoisotopic (exact) mass is 736 g/mol. The molecule has 282 valence electrons. The minimum atomic E-state index is -1.20. The molecule has 8 nitrogen and oxygen atoms in total. The van der Waals surface area contributed by atoms with Crippen molar-refractivity contribution in [1.82, 2.24) is 0 Å². The van der Waals surface area contributed by atoms with E-state index in [0.717, 1.165) is 57.8 Å². The number of phenolic OH excluding ortho intramolecular Hbond substituents is 2. The Kier molecular flexibility index (Phi) is 6.84. The van der Waals surface area contributed by atoms with Crippen molar-refractivity contribution in [1.29, 1.82) is 0 Å². The Balaban J connectivity index is 1.23. The van der Waals surface area contributed by atoms with Crippen molar-refractivity contribution in [2.45, 2.75) is 107 Å². The number of nitro benzene ring substituents is 2. The highest BCUT2D eigenvalue weighted by Crippen LogP contribution is 2.65. The molecule has 4 aromatic rings. The van der Waals surface area contributed by atoms with E-state index in [1.807, 2.05) is 12.1 Å². The Hall–Kier alpha value is -4.72. The Bertz CT molecular complexity index is 2140. The van der Waals surface area contributed by atoms with Crippen molar-refractivity contribution in [3.05, 3.63) is 125 Å². The van der Waals surface area contributed by atoms with E-state index in [0.29, 0.717) is 22.3 Å². The van der Waals surface area contributed by atoms with Crippen LogP contribution >= 0.6 is 0 Å². The van der Waals surface area contributed by atoms with Gasteiger partial charge in [0.1, 0.15) is 0 Å². The number of hydrogen-bond acceptors (Lipinski definition) is 6. The fourth-order valence-corrected chi connectivity index (χ4v) is 14.9. The smallest absolute Gasteiger partial charge is 0.311 e. The summed E-state index contributed by atoms with van der Waals surface area (Å²) in [6, 6.07) is 20.7. The molecule has 0 spiro atoms. The third-order valence-electron chi connectivity index (χ3n) is 16.3. The van der Waals surface area contributed by atoms with Gasteiger partial charge in [-0.15, -0.1) is 0 Å². The van der Waals surface area contributed by atoms with E-state index in [1.165, 1.54) is 100 Å². The van der Waals surface area contributed by atoms with Crippen molar-refractivity contribution < 1.29 is 20.1 Å². The Morgan fingerprint density at radius 2 is 0.836 bits per heavy atom. The zero-order chi connectivity index (χ0) is 37.8. The highest BCUT2D eigenvalue weighted by molar-refractivity contribution is 5.88. The van der Waals surface area contributed by atoms with Gasteiger partial charge in [-0.2, -0.15) is 0 Å². The molecule has 8 fully saturated rings. The molecule has 0 atom stereocenters. The Morgan fingerprint density at radius 1 is 0.509 bits per heavy atom. The number of nitrogens with zero attached hydrogens (tertiary/aromatic N) is 2. The molecule has 55 heavy (non-hydrogen) atoms. The second kappa shape index (κ2) is 11.2. The maximum atomic E-state index is 12.7. The minimum Gasteiger partial charge on any atom is -0.502 e. The van der Waals surface area contributed by atoms with E-state index in [1.54, 1.807) is 13.8 Å². The van der Waals surface area contributed by atoms with Gasteiger partial charge in [0.25, 0.3) is 0 Å². The van der Waals surface area contributed by atoms with Gasteiger partial charge in [0, 0.05) is 12.1 Å². The quantitative estimate of drug-likeness (QED) is 0.132. The first kappa shape index (κ1) is 33.6. The van der Waals surface area contributed by atoms with E-state index in [-0.39, 0.29) is 33.7 Å². The van der Waals surface area contributed by atoms with Crippen LogP contribution in [0.2, 0.25) is 0 Å². The lowest BCUT2D eigenvalue weighted by Crippen LogP contribution is -2.48.